The molecule has 1 N–H and O–H groups in total. The predicted molar refractivity (Wildman–Crippen MR) is 77.1 cm³/mol. The van der Waals surface area contributed by atoms with E-state index in [1.165, 1.54) is 0 Å². The largest absolute Gasteiger partial charge is 0.390 e. The lowest BCUT2D eigenvalue weighted by molar-refractivity contribution is -0.130. The molecule has 3 rings (SSSR count). The van der Waals surface area contributed by atoms with Crippen LogP contribution in [0.1, 0.15) is 30.4 Å². The first kappa shape index (κ1) is 16.3. The summed E-state index contributed by atoms with van der Waals surface area (Å²) in [5.74, 6) is -2.30. The quantitative estimate of drug-likeness (QED) is 0.909. The summed E-state index contributed by atoms with van der Waals surface area (Å²) in [6.45, 7) is 0. The third kappa shape index (κ3) is 3.22. The summed E-state index contributed by atoms with van der Waals surface area (Å²) >= 11 is 0. The number of carbonyl (C=O) groups excluding carboxylic acids is 1. The number of amides is 1. The third-order valence-electron chi connectivity index (χ3n) is 4.70. The zero-order valence-electron chi connectivity index (χ0n) is 12.2. The molecule has 4 nitrogen and oxygen atoms in total. The van der Waals surface area contributed by atoms with Gasteiger partial charge >= 0.3 is 6.18 Å². The predicted octanol–water partition coefficient (Wildman–Crippen LogP) is 2.29. The van der Waals surface area contributed by atoms with E-state index in [0.29, 0.717) is 6.42 Å². The molecule has 8 heteroatoms. The molecule has 0 saturated heterocycles. The lowest BCUT2D eigenvalue weighted by atomic mass is 9.95. The maximum atomic E-state index is 12.1. The summed E-state index contributed by atoms with van der Waals surface area (Å²) in [5.41, 5.74) is 1.89. The van der Waals surface area contributed by atoms with E-state index in [-0.39, 0.29) is 5.41 Å². The molecule has 0 aromatic heterocycles. The molecule has 2 aliphatic carbocycles. The molecule has 126 valence electrons. The van der Waals surface area contributed by atoms with Crippen LogP contribution in [0.15, 0.2) is 24.3 Å². The molecule has 2 atom stereocenters. The molecular weight excluding hydrogens is 331 g/mol. The van der Waals surface area contributed by atoms with E-state index < -0.39 is 40.2 Å². The zero-order valence-corrected chi connectivity index (χ0v) is 13.0. The normalized spacial score (nSPS) is 26.1. The van der Waals surface area contributed by atoms with E-state index in [4.69, 9.17) is 0 Å². The molecule has 1 fully saturated rings. The molecule has 1 amide bonds. The van der Waals surface area contributed by atoms with Crippen LogP contribution in [0.5, 0.6) is 0 Å². The lowest BCUT2D eigenvalue weighted by Gasteiger charge is -2.12. The second kappa shape index (κ2) is 5.22. The average molecular weight is 347 g/mol. The summed E-state index contributed by atoms with van der Waals surface area (Å²) < 4.78 is 61.4. The Labute approximate surface area is 132 Å². The van der Waals surface area contributed by atoms with Crippen molar-refractivity contribution in [2.24, 2.45) is 5.92 Å². The van der Waals surface area contributed by atoms with Crippen LogP contribution >= 0.6 is 0 Å². The minimum absolute atomic E-state index is 0.333. The van der Waals surface area contributed by atoms with E-state index in [2.05, 4.69) is 0 Å². The van der Waals surface area contributed by atoms with Gasteiger partial charge in [-0.05, 0) is 30.4 Å². The van der Waals surface area contributed by atoms with Crippen LogP contribution in [0.4, 0.5) is 13.2 Å². The molecule has 1 saturated carbocycles. The van der Waals surface area contributed by atoms with Gasteiger partial charge in [-0.15, -0.1) is 0 Å². The van der Waals surface area contributed by atoms with Crippen molar-refractivity contribution in [3.05, 3.63) is 35.4 Å². The summed E-state index contributed by atoms with van der Waals surface area (Å²) in [6.07, 6.45) is -3.88. The monoisotopic (exact) mass is 347 g/mol. The Balaban J connectivity index is 1.66. The smallest absolute Gasteiger partial charge is 0.274 e. The van der Waals surface area contributed by atoms with Gasteiger partial charge in [0.05, 0.1) is 12.2 Å². The summed E-state index contributed by atoms with van der Waals surface area (Å²) in [6, 6.07) is 7.71. The summed E-state index contributed by atoms with van der Waals surface area (Å²) in [7, 11) is -4.26. The summed E-state index contributed by atoms with van der Waals surface area (Å²) in [5, 5.41) is 0. The maximum absolute atomic E-state index is 12.1. The SMILES string of the molecule is O=C(NS(=O)(=O)CCC(F)(F)F)[C@H]1C[C@]12CCc1ccccc12. The number of aryl methyl sites for hydroxylation is 1. The first-order valence-corrected chi connectivity index (χ1v) is 8.98. The number of rotatable bonds is 4. The highest BCUT2D eigenvalue weighted by molar-refractivity contribution is 7.90. The van der Waals surface area contributed by atoms with Crippen molar-refractivity contribution >= 4 is 15.9 Å². The zero-order chi connectivity index (χ0) is 16.9. The van der Waals surface area contributed by atoms with Crippen LogP contribution < -0.4 is 4.72 Å². The van der Waals surface area contributed by atoms with Crippen LogP contribution in [0.25, 0.3) is 0 Å². The molecule has 2 aliphatic rings. The van der Waals surface area contributed by atoms with Gasteiger partial charge in [0.25, 0.3) is 0 Å². The Morgan fingerprint density at radius 3 is 2.70 bits per heavy atom. The summed E-state index contributed by atoms with van der Waals surface area (Å²) in [4.78, 5) is 12.1. The second-order valence-electron chi connectivity index (χ2n) is 6.22. The highest BCUT2D eigenvalue weighted by atomic mass is 32.2. The molecular formula is C15H16F3NO3S. The van der Waals surface area contributed by atoms with Crippen molar-refractivity contribution in [3.63, 3.8) is 0 Å². The van der Waals surface area contributed by atoms with Gasteiger partial charge in [0.15, 0.2) is 0 Å². The minimum Gasteiger partial charge on any atom is -0.274 e. The van der Waals surface area contributed by atoms with Crippen molar-refractivity contribution in [1.82, 2.24) is 4.72 Å². The number of fused-ring (bicyclic) bond motifs is 2. The van der Waals surface area contributed by atoms with E-state index in [9.17, 15) is 26.4 Å². The lowest BCUT2D eigenvalue weighted by Crippen LogP contribution is -2.36. The highest BCUT2D eigenvalue weighted by Crippen LogP contribution is 2.61. The molecule has 0 unspecified atom stereocenters. The molecule has 0 aliphatic heterocycles. The van der Waals surface area contributed by atoms with Crippen molar-refractivity contribution < 1.29 is 26.4 Å². The average Bonchev–Trinajstić information content (AvgIpc) is 3.07. The van der Waals surface area contributed by atoms with Gasteiger partial charge in [0.1, 0.15) is 0 Å². The number of alkyl halides is 3. The maximum Gasteiger partial charge on any atom is 0.390 e. The molecule has 0 radical (unpaired) electrons. The van der Waals surface area contributed by atoms with Crippen LogP contribution in [-0.4, -0.2) is 26.3 Å². The number of sulfonamides is 1. The van der Waals surface area contributed by atoms with Gasteiger partial charge in [0.2, 0.25) is 15.9 Å². The van der Waals surface area contributed by atoms with Crippen LogP contribution in [0, 0.1) is 5.92 Å². The molecule has 23 heavy (non-hydrogen) atoms. The number of halogens is 3. The fourth-order valence-electron chi connectivity index (χ4n) is 3.46. The van der Waals surface area contributed by atoms with Crippen molar-refractivity contribution in [1.29, 1.82) is 0 Å². The molecule has 0 bridgehead atoms. The minimum atomic E-state index is -4.57. The second-order valence-corrected chi connectivity index (χ2v) is 8.06. The van der Waals surface area contributed by atoms with Crippen molar-refractivity contribution in [2.75, 3.05) is 5.75 Å². The first-order valence-electron chi connectivity index (χ1n) is 7.32. The number of hydrogen-bond acceptors (Lipinski definition) is 3. The molecule has 0 heterocycles. The van der Waals surface area contributed by atoms with E-state index >= 15 is 0 Å². The van der Waals surface area contributed by atoms with E-state index in [1.54, 1.807) is 4.72 Å². The number of carbonyl (C=O) groups is 1. The Morgan fingerprint density at radius 1 is 1.30 bits per heavy atom. The number of benzene rings is 1. The molecule has 1 spiro atoms. The van der Waals surface area contributed by atoms with Gasteiger partial charge < -0.3 is 0 Å². The van der Waals surface area contributed by atoms with Gasteiger partial charge in [-0.3, -0.25) is 9.52 Å². The fourth-order valence-corrected chi connectivity index (χ4v) is 4.52. The van der Waals surface area contributed by atoms with Crippen molar-refractivity contribution in [2.45, 2.75) is 37.3 Å². The fraction of sp³-hybridized carbons (Fsp3) is 0.533. The third-order valence-corrected chi connectivity index (χ3v) is 5.95. The Hall–Kier alpha value is -1.57. The first-order chi connectivity index (χ1) is 10.6. The Bertz CT molecular complexity index is 745. The Morgan fingerprint density at radius 2 is 2.00 bits per heavy atom. The van der Waals surface area contributed by atoms with E-state index in [1.807, 2.05) is 24.3 Å². The van der Waals surface area contributed by atoms with Gasteiger partial charge in [-0.1, -0.05) is 24.3 Å². The van der Waals surface area contributed by atoms with Gasteiger partial charge in [-0.2, -0.15) is 13.2 Å². The molecule has 1 aromatic carbocycles. The van der Waals surface area contributed by atoms with Gasteiger partial charge in [0, 0.05) is 11.3 Å². The van der Waals surface area contributed by atoms with E-state index in [0.717, 1.165) is 24.0 Å². The molecule has 1 aromatic rings. The van der Waals surface area contributed by atoms with Crippen molar-refractivity contribution in [3.8, 4) is 0 Å². The number of nitrogens with one attached hydrogen (secondary N) is 1. The Kier molecular flexibility index (Phi) is 3.70. The van der Waals surface area contributed by atoms with Crippen LogP contribution in [-0.2, 0) is 26.7 Å². The standard InChI is InChI=1S/C15H16F3NO3S/c16-15(17,18)7-8-23(21,22)19-13(20)12-9-14(12)6-5-10-3-1-2-4-11(10)14/h1-4,12H,5-9H2,(H,19,20)/t12-,14+/m1/s1. The van der Waals surface area contributed by atoms with Crippen LogP contribution in [0.3, 0.4) is 0 Å². The van der Waals surface area contributed by atoms with Gasteiger partial charge in [-0.25, -0.2) is 8.42 Å². The number of hydrogen-bond donors (Lipinski definition) is 1. The van der Waals surface area contributed by atoms with Crippen LogP contribution in [0.2, 0.25) is 0 Å². The topological polar surface area (TPSA) is 63.2 Å². The highest BCUT2D eigenvalue weighted by Gasteiger charge is 2.61.